The van der Waals surface area contributed by atoms with E-state index in [1.165, 1.54) is 0 Å². The third-order valence-corrected chi connectivity index (χ3v) is 6.21. The van der Waals surface area contributed by atoms with Crippen LogP contribution < -0.4 is 5.56 Å². The maximum atomic E-state index is 12.9. The number of rotatable bonds is 5. The van der Waals surface area contributed by atoms with Gasteiger partial charge in [0, 0.05) is 24.0 Å². The molecule has 1 saturated heterocycles. The lowest BCUT2D eigenvalue weighted by molar-refractivity contribution is -0.131. The van der Waals surface area contributed by atoms with Gasteiger partial charge in [-0.15, -0.1) is 5.10 Å². The molecule has 1 atom stereocenters. The highest BCUT2D eigenvalue weighted by Gasteiger charge is 2.27. The van der Waals surface area contributed by atoms with Gasteiger partial charge in [0.15, 0.2) is 11.2 Å². The van der Waals surface area contributed by atoms with Gasteiger partial charge < -0.3 is 9.88 Å². The molecule has 2 aromatic carbocycles. The number of nitrogens with zero attached hydrogens (tertiary/aromatic N) is 5. The second-order valence-corrected chi connectivity index (χ2v) is 8.78. The number of nitrogens with one attached hydrogen (secondary N) is 1. The molecule has 2 aromatic heterocycles. The Morgan fingerprint density at radius 1 is 1.12 bits per heavy atom. The number of halogens is 1. The number of H-pyrrole nitrogens is 1. The molecule has 9 heteroatoms. The van der Waals surface area contributed by atoms with Crippen LogP contribution in [0.25, 0.3) is 11.2 Å². The van der Waals surface area contributed by atoms with Crippen LogP contribution in [0.2, 0.25) is 5.02 Å². The van der Waals surface area contributed by atoms with Gasteiger partial charge >= 0.3 is 0 Å². The maximum absolute atomic E-state index is 12.9. The highest BCUT2D eigenvalue weighted by Crippen LogP contribution is 2.25. The van der Waals surface area contributed by atoms with Crippen LogP contribution in [0.3, 0.4) is 0 Å². The van der Waals surface area contributed by atoms with Gasteiger partial charge in [-0.1, -0.05) is 59.3 Å². The lowest BCUT2D eigenvalue weighted by atomic mass is 9.96. The Balaban J connectivity index is 1.38. The molecule has 0 radical (unpaired) electrons. The summed E-state index contributed by atoms with van der Waals surface area (Å²) in [4.78, 5) is 35.0. The van der Waals surface area contributed by atoms with E-state index in [2.05, 4.69) is 15.3 Å². The predicted molar refractivity (Wildman–Crippen MR) is 125 cm³/mol. The predicted octanol–water partition coefficient (Wildman–Crippen LogP) is 3.17. The molecule has 1 amide bonds. The summed E-state index contributed by atoms with van der Waals surface area (Å²) >= 11 is 6.10. The molecule has 3 heterocycles. The summed E-state index contributed by atoms with van der Waals surface area (Å²) in [7, 11) is 0. The van der Waals surface area contributed by atoms with E-state index in [4.69, 9.17) is 16.6 Å². The first-order valence-electron chi connectivity index (χ1n) is 11.0. The second kappa shape index (κ2) is 9.15. The lowest BCUT2D eigenvalue weighted by Gasteiger charge is -2.32. The summed E-state index contributed by atoms with van der Waals surface area (Å²) < 4.78 is 1.61. The molecule has 1 N–H and O–H groups in total. The van der Waals surface area contributed by atoms with E-state index >= 15 is 0 Å². The summed E-state index contributed by atoms with van der Waals surface area (Å²) in [5, 5.41) is 8.79. The summed E-state index contributed by atoms with van der Waals surface area (Å²) in [6.45, 7) is 1.64. The van der Waals surface area contributed by atoms with E-state index in [9.17, 15) is 9.59 Å². The number of hydrogen-bond donors (Lipinski definition) is 1. The summed E-state index contributed by atoms with van der Waals surface area (Å²) in [6.07, 6.45) is 2.07. The van der Waals surface area contributed by atoms with Crippen molar-refractivity contribution in [3.05, 3.63) is 86.9 Å². The van der Waals surface area contributed by atoms with E-state index < -0.39 is 0 Å². The zero-order chi connectivity index (χ0) is 22.8. The monoisotopic (exact) mass is 462 g/mol. The third-order valence-electron chi connectivity index (χ3n) is 5.97. The molecule has 5 rings (SSSR count). The molecule has 0 aliphatic carbocycles. The first-order valence-corrected chi connectivity index (χ1v) is 11.3. The fraction of sp³-hybridized carbons (Fsp3) is 0.292. The number of benzene rings is 2. The van der Waals surface area contributed by atoms with Crippen molar-refractivity contribution in [1.29, 1.82) is 0 Å². The van der Waals surface area contributed by atoms with Gasteiger partial charge in [0.05, 0.1) is 13.0 Å². The zero-order valence-electron chi connectivity index (χ0n) is 17.9. The number of aromatic amines is 1. The Morgan fingerprint density at radius 2 is 1.94 bits per heavy atom. The SMILES string of the molecule is O=C(Cc1ccccc1)N1CCCC(c2nc3c(nnn3Cc3cccc(Cl)c3)c(=O)[nH]2)C1. The van der Waals surface area contributed by atoms with Crippen molar-refractivity contribution >= 4 is 28.7 Å². The zero-order valence-corrected chi connectivity index (χ0v) is 18.7. The minimum Gasteiger partial charge on any atom is -0.342 e. The highest BCUT2D eigenvalue weighted by atomic mass is 35.5. The normalized spacial score (nSPS) is 16.3. The van der Waals surface area contributed by atoms with Crippen molar-refractivity contribution < 1.29 is 4.79 Å². The van der Waals surface area contributed by atoms with Crippen molar-refractivity contribution in [2.75, 3.05) is 13.1 Å². The molecule has 4 aromatic rings. The Morgan fingerprint density at radius 3 is 2.76 bits per heavy atom. The molecule has 1 unspecified atom stereocenters. The Hall–Kier alpha value is -3.52. The van der Waals surface area contributed by atoms with Gasteiger partial charge in [-0.05, 0) is 36.1 Å². The topological polar surface area (TPSA) is 96.8 Å². The molecule has 0 bridgehead atoms. The smallest absolute Gasteiger partial charge is 0.281 e. The fourth-order valence-corrected chi connectivity index (χ4v) is 4.51. The van der Waals surface area contributed by atoms with Crippen LogP contribution in [0.4, 0.5) is 0 Å². The average Bonchev–Trinajstić information content (AvgIpc) is 3.23. The molecule has 168 valence electrons. The molecule has 1 aliphatic rings. The van der Waals surface area contributed by atoms with Crippen LogP contribution in [0.15, 0.2) is 59.4 Å². The minimum absolute atomic E-state index is 0.0508. The van der Waals surface area contributed by atoms with Crippen LogP contribution in [0.5, 0.6) is 0 Å². The molecule has 0 saturated carbocycles. The van der Waals surface area contributed by atoms with Crippen molar-refractivity contribution in [1.82, 2.24) is 29.9 Å². The number of fused-ring (bicyclic) bond motifs is 1. The molecule has 8 nitrogen and oxygen atoms in total. The number of piperidine rings is 1. The number of carbonyl (C=O) groups excluding carboxylic acids is 1. The van der Waals surface area contributed by atoms with E-state index in [0.717, 1.165) is 24.0 Å². The number of carbonyl (C=O) groups is 1. The Kier molecular flexibility index (Phi) is 5.92. The Bertz CT molecular complexity index is 1350. The number of aromatic nitrogens is 5. The fourth-order valence-electron chi connectivity index (χ4n) is 4.30. The largest absolute Gasteiger partial charge is 0.342 e. The molecule has 1 aliphatic heterocycles. The average molecular weight is 463 g/mol. The maximum Gasteiger partial charge on any atom is 0.281 e. The lowest BCUT2D eigenvalue weighted by Crippen LogP contribution is -2.40. The number of likely N-dealkylation sites (tertiary alicyclic amines) is 1. The standard InChI is InChI=1S/C24H23ClN6O2/c25-19-10-4-8-17(12-19)14-31-23-21(28-29-31)24(33)27-22(26-23)18-9-5-11-30(15-18)20(32)13-16-6-2-1-3-7-16/h1-4,6-8,10,12,18H,5,9,11,13-15H2,(H,26,27,33). The van der Waals surface area contributed by atoms with Crippen molar-refractivity contribution in [3.8, 4) is 0 Å². The van der Waals surface area contributed by atoms with Crippen molar-refractivity contribution in [3.63, 3.8) is 0 Å². The van der Waals surface area contributed by atoms with E-state index in [1.807, 2.05) is 53.4 Å². The van der Waals surface area contributed by atoms with Gasteiger partial charge in [-0.2, -0.15) is 0 Å². The van der Waals surface area contributed by atoms with E-state index in [0.29, 0.717) is 42.5 Å². The van der Waals surface area contributed by atoms with Crippen LogP contribution in [0.1, 0.15) is 35.7 Å². The minimum atomic E-state index is -0.319. The van der Waals surface area contributed by atoms with Crippen LogP contribution in [-0.2, 0) is 17.8 Å². The van der Waals surface area contributed by atoms with E-state index in [1.54, 1.807) is 10.7 Å². The third kappa shape index (κ3) is 4.66. The number of amides is 1. The molecular weight excluding hydrogens is 440 g/mol. The molecule has 33 heavy (non-hydrogen) atoms. The van der Waals surface area contributed by atoms with Crippen molar-refractivity contribution in [2.45, 2.75) is 31.7 Å². The molecule has 0 spiro atoms. The first kappa shape index (κ1) is 21.3. The van der Waals surface area contributed by atoms with Gasteiger partial charge in [0.2, 0.25) is 5.91 Å². The van der Waals surface area contributed by atoms with Crippen LogP contribution in [0, 0.1) is 0 Å². The summed E-state index contributed by atoms with van der Waals surface area (Å²) in [6, 6.07) is 17.2. The molecular formula is C24H23ClN6O2. The summed E-state index contributed by atoms with van der Waals surface area (Å²) in [5.74, 6) is 0.603. The van der Waals surface area contributed by atoms with Crippen LogP contribution >= 0.6 is 11.6 Å². The summed E-state index contributed by atoms with van der Waals surface area (Å²) in [5.41, 5.74) is 2.25. The van der Waals surface area contributed by atoms with Gasteiger partial charge in [-0.25, -0.2) is 9.67 Å². The Labute approximate surface area is 195 Å². The van der Waals surface area contributed by atoms with Gasteiger partial charge in [0.1, 0.15) is 5.82 Å². The van der Waals surface area contributed by atoms with Crippen LogP contribution in [-0.4, -0.2) is 48.9 Å². The number of hydrogen-bond acceptors (Lipinski definition) is 5. The quantitative estimate of drug-likeness (QED) is 0.491. The van der Waals surface area contributed by atoms with Crippen molar-refractivity contribution in [2.24, 2.45) is 0 Å². The van der Waals surface area contributed by atoms with Gasteiger partial charge in [-0.3, -0.25) is 9.59 Å². The van der Waals surface area contributed by atoms with Gasteiger partial charge in [0.25, 0.3) is 5.56 Å². The second-order valence-electron chi connectivity index (χ2n) is 8.34. The van der Waals surface area contributed by atoms with E-state index in [-0.39, 0.29) is 22.9 Å². The first-order chi connectivity index (χ1) is 16.1. The molecule has 1 fully saturated rings. The highest BCUT2D eigenvalue weighted by molar-refractivity contribution is 6.30.